The van der Waals surface area contributed by atoms with Crippen LogP contribution in [0.1, 0.15) is 5.56 Å². The summed E-state index contributed by atoms with van der Waals surface area (Å²) in [4.78, 5) is 0. The van der Waals surface area contributed by atoms with E-state index in [0.717, 1.165) is 0 Å². The fourth-order valence-corrected chi connectivity index (χ4v) is 2.29. The predicted octanol–water partition coefficient (Wildman–Crippen LogP) is 1.20. The van der Waals surface area contributed by atoms with Crippen LogP contribution in [-0.4, -0.2) is 42.0 Å². The minimum Gasteiger partial charge on any atom is -0.382 e. The van der Waals surface area contributed by atoms with Gasteiger partial charge in [-0.2, -0.15) is 8.42 Å². The molecule has 0 heterocycles. The van der Waals surface area contributed by atoms with Gasteiger partial charge >= 0.3 is 0 Å². The van der Waals surface area contributed by atoms with Gasteiger partial charge in [0.25, 0.3) is 10.1 Å². The lowest BCUT2D eigenvalue weighted by Crippen LogP contribution is -2.14. The van der Waals surface area contributed by atoms with Gasteiger partial charge in [0.1, 0.15) is 5.75 Å². The molecule has 0 unspecified atom stereocenters. The molecule has 1 rings (SSSR count). The third-order valence-electron chi connectivity index (χ3n) is 2.11. The van der Waals surface area contributed by atoms with Crippen LogP contribution >= 0.6 is 0 Å². The van der Waals surface area contributed by atoms with Gasteiger partial charge in [-0.3, -0.25) is 4.18 Å². The zero-order valence-corrected chi connectivity index (χ0v) is 11.2. The monoisotopic (exact) mass is 274 g/mol. The van der Waals surface area contributed by atoms with Gasteiger partial charge in [-0.1, -0.05) is 30.3 Å². The third kappa shape index (κ3) is 6.70. The lowest BCUT2D eigenvalue weighted by atomic mass is 10.2. The first-order chi connectivity index (χ1) is 8.64. The standard InChI is InChI=1S/C12H18O5S/c1-15-7-8-16-9-10-17-18(13,14)11-12-5-3-2-4-6-12/h2-6H,7-11H2,1H3. The van der Waals surface area contributed by atoms with Crippen molar-refractivity contribution in [1.82, 2.24) is 0 Å². The van der Waals surface area contributed by atoms with Crippen LogP contribution in [0.3, 0.4) is 0 Å². The number of rotatable bonds is 9. The van der Waals surface area contributed by atoms with Crippen LogP contribution in [0, 0.1) is 0 Å². The van der Waals surface area contributed by atoms with Crippen LogP contribution in [0.2, 0.25) is 0 Å². The van der Waals surface area contributed by atoms with Crippen LogP contribution in [0.4, 0.5) is 0 Å². The summed E-state index contributed by atoms with van der Waals surface area (Å²) in [6, 6.07) is 8.91. The molecule has 0 radical (unpaired) electrons. The molecule has 0 aliphatic rings. The van der Waals surface area contributed by atoms with E-state index in [9.17, 15) is 8.42 Å². The highest BCUT2D eigenvalue weighted by atomic mass is 32.2. The highest BCUT2D eigenvalue weighted by molar-refractivity contribution is 7.85. The van der Waals surface area contributed by atoms with E-state index in [1.165, 1.54) is 0 Å². The molecule has 0 N–H and O–H groups in total. The Morgan fingerprint density at radius 3 is 2.33 bits per heavy atom. The maximum atomic E-state index is 11.6. The molecule has 102 valence electrons. The minimum atomic E-state index is -3.54. The summed E-state index contributed by atoms with van der Waals surface area (Å²) in [5, 5.41) is 0. The van der Waals surface area contributed by atoms with Crippen LogP contribution in [-0.2, 0) is 29.5 Å². The van der Waals surface area contributed by atoms with Gasteiger partial charge in [0.2, 0.25) is 0 Å². The molecule has 6 heteroatoms. The first-order valence-corrected chi connectivity index (χ1v) is 7.19. The van der Waals surface area contributed by atoms with Gasteiger partial charge in [-0.25, -0.2) is 0 Å². The second-order valence-corrected chi connectivity index (χ2v) is 5.25. The molecule has 1 aromatic carbocycles. The van der Waals surface area contributed by atoms with Crippen LogP contribution < -0.4 is 0 Å². The fourth-order valence-electron chi connectivity index (χ4n) is 1.28. The first-order valence-electron chi connectivity index (χ1n) is 5.62. The van der Waals surface area contributed by atoms with E-state index in [1.807, 2.05) is 6.07 Å². The van der Waals surface area contributed by atoms with Crippen molar-refractivity contribution in [3.8, 4) is 0 Å². The molecule has 0 saturated carbocycles. The molecule has 0 atom stereocenters. The zero-order chi connectivity index (χ0) is 13.3. The Morgan fingerprint density at radius 1 is 1.00 bits per heavy atom. The summed E-state index contributed by atoms with van der Waals surface area (Å²) in [5.41, 5.74) is 0.706. The summed E-state index contributed by atoms with van der Waals surface area (Å²) in [6.07, 6.45) is 0. The van der Waals surface area contributed by atoms with Crippen molar-refractivity contribution in [2.45, 2.75) is 5.75 Å². The fraction of sp³-hybridized carbons (Fsp3) is 0.500. The van der Waals surface area contributed by atoms with Crippen LogP contribution in [0.15, 0.2) is 30.3 Å². The summed E-state index contributed by atoms with van der Waals surface area (Å²) >= 11 is 0. The number of methoxy groups -OCH3 is 1. The second-order valence-electron chi connectivity index (χ2n) is 3.61. The highest BCUT2D eigenvalue weighted by Crippen LogP contribution is 2.06. The van der Waals surface area contributed by atoms with Crippen LogP contribution in [0.5, 0.6) is 0 Å². The summed E-state index contributed by atoms with van der Waals surface area (Å²) in [5.74, 6) is -0.119. The SMILES string of the molecule is COCCOCCOS(=O)(=O)Cc1ccccc1. The molecule has 0 aliphatic carbocycles. The van der Waals surface area contributed by atoms with Gasteiger partial charge in [-0.05, 0) is 5.56 Å². The van der Waals surface area contributed by atoms with Crippen LogP contribution in [0.25, 0.3) is 0 Å². The van der Waals surface area contributed by atoms with Crippen molar-refractivity contribution in [2.24, 2.45) is 0 Å². The van der Waals surface area contributed by atoms with Crippen molar-refractivity contribution >= 4 is 10.1 Å². The van der Waals surface area contributed by atoms with Gasteiger partial charge in [0.15, 0.2) is 0 Å². The summed E-state index contributed by atoms with van der Waals surface area (Å²) < 4.78 is 37.9. The quantitative estimate of drug-likeness (QED) is 0.500. The first kappa shape index (κ1) is 15.1. The molecule has 0 aliphatic heterocycles. The number of ether oxygens (including phenoxy) is 2. The summed E-state index contributed by atoms with van der Waals surface area (Å²) in [7, 11) is -1.97. The Morgan fingerprint density at radius 2 is 1.67 bits per heavy atom. The lowest BCUT2D eigenvalue weighted by Gasteiger charge is -2.06. The largest absolute Gasteiger partial charge is 0.382 e. The molecule has 0 spiro atoms. The topological polar surface area (TPSA) is 61.8 Å². The van der Waals surface area contributed by atoms with Gasteiger partial charge in [0, 0.05) is 7.11 Å². The Kier molecular flexibility index (Phi) is 6.89. The van der Waals surface area contributed by atoms with E-state index in [1.54, 1.807) is 31.4 Å². The van der Waals surface area contributed by atoms with E-state index in [2.05, 4.69) is 0 Å². The Labute approximate surface area is 108 Å². The smallest absolute Gasteiger partial charge is 0.271 e. The minimum absolute atomic E-state index is 0.0267. The Balaban J connectivity index is 2.24. The molecule has 5 nitrogen and oxygen atoms in total. The third-order valence-corrected chi connectivity index (χ3v) is 3.32. The predicted molar refractivity (Wildman–Crippen MR) is 67.7 cm³/mol. The molecule has 0 bridgehead atoms. The van der Waals surface area contributed by atoms with Gasteiger partial charge in [-0.15, -0.1) is 0 Å². The van der Waals surface area contributed by atoms with Crippen molar-refractivity contribution in [3.05, 3.63) is 35.9 Å². The molecule has 0 saturated heterocycles. The maximum absolute atomic E-state index is 11.6. The molecule has 18 heavy (non-hydrogen) atoms. The van der Waals surface area contributed by atoms with E-state index >= 15 is 0 Å². The number of benzene rings is 1. The molecule has 0 amide bonds. The Hall–Kier alpha value is -0.950. The van der Waals surface area contributed by atoms with Crippen molar-refractivity contribution in [2.75, 3.05) is 33.5 Å². The van der Waals surface area contributed by atoms with E-state index < -0.39 is 10.1 Å². The van der Waals surface area contributed by atoms with Gasteiger partial charge in [0.05, 0.1) is 26.4 Å². The molecule has 1 aromatic rings. The molecular formula is C12H18O5S. The summed E-state index contributed by atoms with van der Waals surface area (Å²) in [6.45, 7) is 1.17. The van der Waals surface area contributed by atoms with Crippen molar-refractivity contribution in [1.29, 1.82) is 0 Å². The average Bonchev–Trinajstić information content (AvgIpc) is 2.34. The zero-order valence-electron chi connectivity index (χ0n) is 10.4. The molecule has 0 aromatic heterocycles. The van der Waals surface area contributed by atoms with E-state index in [0.29, 0.717) is 18.8 Å². The normalized spacial score (nSPS) is 11.6. The Bertz CT molecular complexity index is 415. The van der Waals surface area contributed by atoms with E-state index in [4.69, 9.17) is 13.7 Å². The van der Waals surface area contributed by atoms with Gasteiger partial charge < -0.3 is 9.47 Å². The van der Waals surface area contributed by atoms with E-state index in [-0.39, 0.29) is 19.0 Å². The van der Waals surface area contributed by atoms with Crippen molar-refractivity contribution < 1.29 is 22.1 Å². The number of hydrogen-bond acceptors (Lipinski definition) is 5. The molecule has 0 fully saturated rings. The second kappa shape index (κ2) is 8.20. The maximum Gasteiger partial charge on any atom is 0.271 e. The highest BCUT2D eigenvalue weighted by Gasteiger charge is 2.11. The van der Waals surface area contributed by atoms with Crippen molar-refractivity contribution in [3.63, 3.8) is 0 Å². The number of hydrogen-bond donors (Lipinski definition) is 0. The lowest BCUT2D eigenvalue weighted by molar-refractivity contribution is 0.0554. The average molecular weight is 274 g/mol. The molecular weight excluding hydrogens is 256 g/mol.